The van der Waals surface area contributed by atoms with Gasteiger partial charge in [-0.1, -0.05) is 6.07 Å². The summed E-state index contributed by atoms with van der Waals surface area (Å²) in [6.07, 6.45) is 2.56. The molecule has 0 atom stereocenters. The number of rotatable bonds is 2. The molecule has 8 heteroatoms. The monoisotopic (exact) mass is 468 g/mol. The van der Waals surface area contributed by atoms with E-state index in [4.69, 9.17) is 20.4 Å². The van der Waals surface area contributed by atoms with Crippen LogP contribution in [0.25, 0.3) is 21.8 Å². The lowest BCUT2D eigenvalue weighted by Gasteiger charge is -2.01. The van der Waals surface area contributed by atoms with Crippen LogP contribution >= 0.6 is 0 Å². The van der Waals surface area contributed by atoms with E-state index >= 15 is 0 Å². The highest BCUT2D eigenvalue weighted by molar-refractivity contribution is 5.94. The summed E-state index contributed by atoms with van der Waals surface area (Å²) in [6.45, 7) is 2.02. The number of esters is 1. The molecule has 35 heavy (non-hydrogen) atoms. The van der Waals surface area contributed by atoms with Crippen LogP contribution in [-0.4, -0.2) is 41.4 Å². The number of methoxy groups -OCH3 is 1. The maximum absolute atomic E-state index is 11.3. The molecule has 1 N–H and O–H groups in total. The number of fused-ring (bicyclic) bond motifs is 2. The topological polar surface area (TPSA) is 129 Å². The molecule has 0 radical (unpaired) electrons. The van der Waals surface area contributed by atoms with Crippen LogP contribution < -0.4 is 0 Å². The lowest BCUT2D eigenvalue weighted by atomic mass is 10.1. The van der Waals surface area contributed by atoms with Crippen molar-refractivity contribution >= 4 is 27.8 Å². The van der Waals surface area contributed by atoms with Crippen LogP contribution in [0.2, 0.25) is 0 Å². The second-order valence-electron chi connectivity index (χ2n) is 7.52. The highest BCUT2D eigenvalue weighted by Crippen LogP contribution is 2.16. The number of aliphatic hydroxyl groups excluding tert-OH is 1. The van der Waals surface area contributed by atoms with Gasteiger partial charge in [-0.05, 0) is 73.0 Å². The molecule has 0 unspecified atom stereocenters. The molecule has 1 fully saturated rings. The Hall–Kier alpha value is -4.37. The Morgan fingerprint density at radius 1 is 0.914 bits per heavy atom. The van der Waals surface area contributed by atoms with Crippen LogP contribution in [0, 0.1) is 22.7 Å². The van der Waals surface area contributed by atoms with Gasteiger partial charge in [0, 0.05) is 24.0 Å². The van der Waals surface area contributed by atoms with E-state index in [1.165, 1.54) is 20.0 Å². The summed E-state index contributed by atoms with van der Waals surface area (Å²) in [5.74, 6) is -0.383. The number of carbonyl (C=O) groups is 1. The zero-order valence-corrected chi connectivity index (χ0v) is 19.3. The van der Waals surface area contributed by atoms with Crippen LogP contribution in [0.15, 0.2) is 60.7 Å². The summed E-state index contributed by atoms with van der Waals surface area (Å²) in [5, 5.41) is 28.0. The van der Waals surface area contributed by atoms with E-state index in [0.29, 0.717) is 22.5 Å². The van der Waals surface area contributed by atoms with Crippen LogP contribution in [0.4, 0.5) is 0 Å². The number of carbonyl (C=O) groups excluding carboxylic acids is 1. The number of hydrogen-bond acceptors (Lipinski definition) is 8. The quantitative estimate of drug-likeness (QED) is 0.431. The minimum atomic E-state index is -0.383. The van der Waals surface area contributed by atoms with Gasteiger partial charge in [-0.2, -0.15) is 10.5 Å². The van der Waals surface area contributed by atoms with Crippen molar-refractivity contribution in [1.82, 2.24) is 9.97 Å². The van der Waals surface area contributed by atoms with Crippen molar-refractivity contribution in [2.75, 3.05) is 20.3 Å². The molecule has 3 heterocycles. The summed E-state index contributed by atoms with van der Waals surface area (Å²) in [5.41, 5.74) is 3.56. The fourth-order valence-corrected chi connectivity index (χ4v) is 3.28. The lowest BCUT2D eigenvalue weighted by Crippen LogP contribution is -2.00. The number of aliphatic hydroxyl groups is 1. The fraction of sp³-hybridized carbons (Fsp3) is 0.222. The van der Waals surface area contributed by atoms with Crippen molar-refractivity contribution in [3.05, 3.63) is 83.2 Å². The minimum Gasteiger partial charge on any atom is -0.465 e. The first-order chi connectivity index (χ1) is 17.1. The van der Waals surface area contributed by atoms with Gasteiger partial charge in [-0.25, -0.2) is 14.8 Å². The van der Waals surface area contributed by atoms with Gasteiger partial charge in [-0.3, -0.25) is 0 Å². The highest BCUT2D eigenvalue weighted by atomic mass is 16.5. The third-order valence-electron chi connectivity index (χ3n) is 5.10. The average Bonchev–Trinajstić information content (AvgIpc) is 3.52. The molecule has 0 amide bonds. The van der Waals surface area contributed by atoms with Gasteiger partial charge in [0.2, 0.25) is 0 Å². The third kappa shape index (κ3) is 7.05. The smallest absolute Gasteiger partial charge is 0.337 e. The molecule has 1 saturated heterocycles. The molecule has 5 rings (SSSR count). The minimum absolute atomic E-state index is 0.0238. The fourth-order valence-electron chi connectivity index (χ4n) is 3.28. The predicted molar refractivity (Wildman–Crippen MR) is 130 cm³/mol. The Bertz CT molecular complexity index is 1390. The zero-order chi connectivity index (χ0) is 25.0. The van der Waals surface area contributed by atoms with Crippen LogP contribution in [0.3, 0.4) is 0 Å². The van der Waals surface area contributed by atoms with Crippen molar-refractivity contribution in [2.24, 2.45) is 0 Å². The van der Waals surface area contributed by atoms with Gasteiger partial charge in [0.1, 0.15) is 23.5 Å². The van der Waals surface area contributed by atoms with Crippen LogP contribution in [-0.2, 0) is 16.1 Å². The number of nitriles is 2. The van der Waals surface area contributed by atoms with Crippen LogP contribution in [0.5, 0.6) is 0 Å². The van der Waals surface area contributed by atoms with Gasteiger partial charge in [0.15, 0.2) is 0 Å². The number of aromatic nitrogens is 2. The van der Waals surface area contributed by atoms with E-state index in [1.807, 2.05) is 30.3 Å². The average molecular weight is 469 g/mol. The molecule has 8 nitrogen and oxygen atoms in total. The van der Waals surface area contributed by atoms with E-state index < -0.39 is 0 Å². The van der Waals surface area contributed by atoms with Crippen molar-refractivity contribution in [1.29, 1.82) is 10.5 Å². The summed E-state index contributed by atoms with van der Waals surface area (Å²) in [7, 11) is 1.34. The first kappa shape index (κ1) is 25.3. The van der Waals surface area contributed by atoms with E-state index in [9.17, 15) is 4.79 Å². The maximum Gasteiger partial charge on any atom is 0.337 e. The molecule has 1 aliphatic heterocycles. The molecular formula is C27H24N4O4. The first-order valence-corrected chi connectivity index (χ1v) is 11.0. The molecule has 0 aliphatic carbocycles. The second kappa shape index (κ2) is 12.8. The Labute approximate surface area is 203 Å². The second-order valence-corrected chi connectivity index (χ2v) is 7.52. The molecule has 0 spiro atoms. The largest absolute Gasteiger partial charge is 0.465 e. The third-order valence-corrected chi connectivity index (χ3v) is 5.10. The molecule has 0 saturated carbocycles. The SMILES string of the molecule is C1CCOC1.COC(=O)c1ccc2nc(C#N)ccc2c1.N#Cc1ccc2cc(CO)ccc2n1. The van der Waals surface area contributed by atoms with Crippen molar-refractivity contribution in [3.8, 4) is 12.1 Å². The normalized spacial score (nSPS) is 11.9. The standard InChI is InChI=1S/C12H8N2O2.C11H8N2O.C4H8O/c1-16-12(15)9-3-5-11-8(6-9)2-4-10(7-13)14-11;12-6-10-3-2-9-5-8(7-14)1-4-11(9)13-10;1-2-4-5-3-1/h2-6H,1H3;1-5,14H,7H2;1-4H2. The lowest BCUT2D eigenvalue weighted by molar-refractivity contribution is 0.0601. The Kier molecular flexibility index (Phi) is 9.21. The Balaban J connectivity index is 0.000000164. The molecule has 2 aromatic carbocycles. The summed E-state index contributed by atoms with van der Waals surface area (Å²) >= 11 is 0. The van der Waals surface area contributed by atoms with E-state index in [2.05, 4.69) is 14.7 Å². The molecule has 0 bridgehead atoms. The Morgan fingerprint density at radius 2 is 1.49 bits per heavy atom. The molecule has 176 valence electrons. The summed E-state index contributed by atoms with van der Waals surface area (Å²) < 4.78 is 9.56. The van der Waals surface area contributed by atoms with Crippen LogP contribution in [0.1, 0.15) is 40.2 Å². The van der Waals surface area contributed by atoms with E-state index in [0.717, 1.165) is 35.1 Å². The van der Waals surface area contributed by atoms with Gasteiger partial charge in [-0.15, -0.1) is 0 Å². The van der Waals surface area contributed by atoms with Gasteiger partial charge < -0.3 is 14.6 Å². The number of nitrogens with zero attached hydrogens (tertiary/aromatic N) is 4. The van der Waals surface area contributed by atoms with Crippen molar-refractivity contribution in [2.45, 2.75) is 19.4 Å². The molecule has 1 aliphatic rings. The van der Waals surface area contributed by atoms with Gasteiger partial charge in [0.25, 0.3) is 0 Å². The Morgan fingerprint density at radius 3 is 1.97 bits per heavy atom. The number of benzene rings is 2. The molecule has 2 aromatic heterocycles. The molecule has 4 aromatic rings. The van der Waals surface area contributed by atoms with Crippen molar-refractivity contribution in [3.63, 3.8) is 0 Å². The number of ether oxygens (including phenoxy) is 2. The summed E-state index contributed by atoms with van der Waals surface area (Å²) in [4.78, 5) is 19.5. The predicted octanol–water partition coefficient (Wildman–Crippen LogP) is 4.29. The van der Waals surface area contributed by atoms with Gasteiger partial charge >= 0.3 is 5.97 Å². The molecular weight excluding hydrogens is 444 g/mol. The van der Waals surface area contributed by atoms with Crippen molar-refractivity contribution < 1.29 is 19.4 Å². The van der Waals surface area contributed by atoms with Gasteiger partial charge in [0.05, 0.1) is 30.3 Å². The first-order valence-electron chi connectivity index (χ1n) is 11.0. The van der Waals surface area contributed by atoms with E-state index in [-0.39, 0.29) is 12.6 Å². The summed E-state index contributed by atoms with van der Waals surface area (Å²) in [6, 6.07) is 21.3. The maximum atomic E-state index is 11.3. The number of pyridine rings is 2. The highest BCUT2D eigenvalue weighted by Gasteiger charge is 2.06. The zero-order valence-electron chi connectivity index (χ0n) is 19.3. The van der Waals surface area contributed by atoms with E-state index in [1.54, 1.807) is 42.5 Å². The number of hydrogen-bond donors (Lipinski definition) is 1.